The average Bonchev–Trinajstić information content (AvgIpc) is 3.49. The largest absolute Gasteiger partial charge is 0.486 e. The minimum Gasteiger partial charge on any atom is -0.486 e. The molecule has 2 aromatic carbocycles. The molecule has 0 bridgehead atoms. The lowest BCUT2D eigenvalue weighted by molar-refractivity contribution is 0.0888. The molecule has 1 aliphatic heterocycles. The van der Waals surface area contributed by atoms with Crippen LogP contribution in [-0.2, 0) is 0 Å². The molecule has 0 saturated heterocycles. The minimum absolute atomic E-state index is 0.0928. The predicted molar refractivity (Wildman–Crippen MR) is 115 cm³/mol. The lowest BCUT2D eigenvalue weighted by Gasteiger charge is -2.27. The Morgan fingerprint density at radius 1 is 1.23 bits per heavy atom. The van der Waals surface area contributed by atoms with E-state index in [0.717, 1.165) is 35.7 Å². The van der Waals surface area contributed by atoms with Crippen molar-refractivity contribution in [3.63, 3.8) is 0 Å². The lowest BCUT2D eigenvalue weighted by Crippen LogP contribution is -2.41. The first-order valence-corrected chi connectivity index (χ1v) is 10.8. The fourth-order valence-corrected chi connectivity index (χ4v) is 4.97. The number of aryl methyl sites for hydroxylation is 1. The van der Waals surface area contributed by atoms with Crippen molar-refractivity contribution in [1.82, 2.24) is 15.3 Å². The van der Waals surface area contributed by atoms with Crippen LogP contribution in [0.15, 0.2) is 40.9 Å². The number of ether oxygens (including phenoxy) is 2. The van der Waals surface area contributed by atoms with Crippen molar-refractivity contribution in [1.29, 1.82) is 0 Å². The van der Waals surface area contributed by atoms with Crippen LogP contribution >= 0.6 is 0 Å². The van der Waals surface area contributed by atoms with Gasteiger partial charge in [0.2, 0.25) is 11.3 Å². The number of halogens is 1. The third-order valence-corrected chi connectivity index (χ3v) is 6.47. The molecule has 4 aromatic rings. The van der Waals surface area contributed by atoms with Crippen molar-refractivity contribution in [3.05, 3.63) is 53.8 Å². The molecular weight excluding hydrogens is 397 g/mol. The van der Waals surface area contributed by atoms with Crippen LogP contribution in [-0.4, -0.2) is 35.3 Å². The molecule has 0 unspecified atom stereocenters. The Morgan fingerprint density at radius 2 is 2.16 bits per heavy atom. The van der Waals surface area contributed by atoms with Crippen LogP contribution in [0.2, 0.25) is 0 Å². The highest BCUT2D eigenvalue weighted by molar-refractivity contribution is 5.84. The Labute approximate surface area is 178 Å². The van der Waals surface area contributed by atoms with Gasteiger partial charge in [-0.05, 0) is 61.1 Å². The summed E-state index contributed by atoms with van der Waals surface area (Å²) in [6.45, 7) is 3.02. The quantitative estimate of drug-likeness (QED) is 0.494. The third-order valence-electron chi connectivity index (χ3n) is 6.47. The van der Waals surface area contributed by atoms with Gasteiger partial charge in [0.25, 0.3) is 0 Å². The van der Waals surface area contributed by atoms with Gasteiger partial charge in [-0.15, -0.1) is 0 Å². The Balaban J connectivity index is 1.11. The number of hydrogen-bond acceptors (Lipinski definition) is 5. The molecule has 2 aliphatic rings. The average molecular weight is 421 g/mol. The van der Waals surface area contributed by atoms with Crippen molar-refractivity contribution in [3.8, 4) is 11.5 Å². The second-order valence-corrected chi connectivity index (χ2v) is 8.57. The molecular formula is C24H24FN3O3. The van der Waals surface area contributed by atoms with Gasteiger partial charge in [-0.2, -0.15) is 0 Å². The molecule has 0 amide bonds. The van der Waals surface area contributed by atoms with Gasteiger partial charge in [-0.3, -0.25) is 0 Å². The summed E-state index contributed by atoms with van der Waals surface area (Å²) in [7, 11) is 0. The molecule has 2 aromatic heterocycles. The summed E-state index contributed by atoms with van der Waals surface area (Å²) >= 11 is 0. The van der Waals surface area contributed by atoms with E-state index in [1.54, 1.807) is 6.07 Å². The SMILES string of the molecule is Cc1nc2ccc3c(c2o1)O[C@@H](CN[C@H]1CC[C@H](c2c[nH]c4ccc(F)cc24)C1)CO3. The second kappa shape index (κ2) is 7.27. The van der Waals surface area contributed by atoms with Crippen LogP contribution in [0.3, 0.4) is 0 Å². The van der Waals surface area contributed by atoms with Crippen molar-refractivity contribution < 1.29 is 18.3 Å². The van der Waals surface area contributed by atoms with Gasteiger partial charge in [-0.25, -0.2) is 9.37 Å². The Hall–Kier alpha value is -3.06. The third kappa shape index (κ3) is 3.33. The van der Waals surface area contributed by atoms with Gasteiger partial charge in [0, 0.05) is 36.6 Å². The summed E-state index contributed by atoms with van der Waals surface area (Å²) in [5.41, 5.74) is 3.63. The van der Waals surface area contributed by atoms with Gasteiger partial charge in [0.05, 0.1) is 0 Å². The molecule has 3 heterocycles. The Kier molecular flexibility index (Phi) is 4.38. The van der Waals surface area contributed by atoms with E-state index in [0.29, 0.717) is 48.1 Å². The molecule has 6 nitrogen and oxygen atoms in total. The second-order valence-electron chi connectivity index (χ2n) is 8.57. The van der Waals surface area contributed by atoms with Crippen LogP contribution in [0.5, 0.6) is 11.5 Å². The molecule has 1 fully saturated rings. The summed E-state index contributed by atoms with van der Waals surface area (Å²) in [5.74, 6) is 2.19. The van der Waals surface area contributed by atoms with Gasteiger partial charge in [-0.1, -0.05) is 0 Å². The van der Waals surface area contributed by atoms with E-state index in [9.17, 15) is 4.39 Å². The monoisotopic (exact) mass is 421 g/mol. The van der Waals surface area contributed by atoms with Crippen molar-refractivity contribution in [2.45, 2.75) is 44.2 Å². The van der Waals surface area contributed by atoms with Crippen LogP contribution in [0.4, 0.5) is 4.39 Å². The maximum atomic E-state index is 13.7. The maximum absolute atomic E-state index is 13.7. The maximum Gasteiger partial charge on any atom is 0.207 e. The molecule has 6 rings (SSSR count). The van der Waals surface area contributed by atoms with E-state index in [2.05, 4.69) is 15.3 Å². The first kappa shape index (κ1) is 18.7. The summed E-state index contributed by atoms with van der Waals surface area (Å²) in [5, 5.41) is 4.65. The van der Waals surface area contributed by atoms with E-state index in [1.807, 2.05) is 31.3 Å². The number of fused-ring (bicyclic) bond motifs is 4. The standard InChI is InChI=1S/C24H24FN3O3/c1-13-28-21-6-7-22-24(23(21)30-13)31-17(12-29-22)10-26-16-4-2-14(8-16)19-11-27-20-5-3-15(25)9-18(19)20/h3,5-7,9,11,14,16-17,26-27H,2,4,8,10,12H2,1H3/t14-,16-,17-/m0/s1. The van der Waals surface area contributed by atoms with Crippen LogP contribution in [0.1, 0.15) is 36.6 Å². The number of aromatic nitrogens is 2. The molecule has 3 atom stereocenters. The Morgan fingerprint density at radius 3 is 3.10 bits per heavy atom. The molecule has 31 heavy (non-hydrogen) atoms. The van der Waals surface area contributed by atoms with E-state index in [1.165, 1.54) is 11.6 Å². The molecule has 0 spiro atoms. The van der Waals surface area contributed by atoms with Gasteiger partial charge < -0.3 is 24.2 Å². The van der Waals surface area contributed by atoms with Gasteiger partial charge >= 0.3 is 0 Å². The van der Waals surface area contributed by atoms with E-state index < -0.39 is 0 Å². The highest BCUT2D eigenvalue weighted by atomic mass is 19.1. The van der Waals surface area contributed by atoms with Gasteiger partial charge in [0.15, 0.2) is 11.6 Å². The molecule has 1 aliphatic carbocycles. The molecule has 1 saturated carbocycles. The van der Waals surface area contributed by atoms with E-state index in [-0.39, 0.29) is 11.9 Å². The molecule has 160 valence electrons. The molecule has 0 radical (unpaired) electrons. The zero-order chi connectivity index (χ0) is 20.9. The minimum atomic E-state index is -0.188. The molecule has 7 heteroatoms. The number of oxazole rings is 1. The fourth-order valence-electron chi connectivity index (χ4n) is 4.97. The zero-order valence-corrected chi connectivity index (χ0v) is 17.3. The number of nitrogens with one attached hydrogen (secondary N) is 2. The number of rotatable bonds is 4. The van der Waals surface area contributed by atoms with Gasteiger partial charge in [0.1, 0.15) is 24.0 Å². The first-order chi connectivity index (χ1) is 15.1. The summed E-state index contributed by atoms with van der Waals surface area (Å²) < 4.78 is 31.6. The summed E-state index contributed by atoms with van der Waals surface area (Å²) in [6, 6.07) is 9.12. The van der Waals surface area contributed by atoms with Crippen molar-refractivity contribution in [2.24, 2.45) is 0 Å². The number of H-pyrrole nitrogens is 1. The number of aromatic amines is 1. The lowest BCUT2D eigenvalue weighted by atomic mass is 9.97. The number of hydrogen-bond donors (Lipinski definition) is 2. The van der Waals surface area contributed by atoms with Crippen LogP contribution in [0, 0.1) is 12.7 Å². The zero-order valence-electron chi connectivity index (χ0n) is 17.3. The van der Waals surface area contributed by atoms with E-state index in [4.69, 9.17) is 13.9 Å². The number of nitrogens with zero attached hydrogens (tertiary/aromatic N) is 1. The topological polar surface area (TPSA) is 72.3 Å². The normalized spacial score (nSPS) is 23.1. The first-order valence-electron chi connectivity index (χ1n) is 10.8. The summed E-state index contributed by atoms with van der Waals surface area (Å²) in [4.78, 5) is 7.65. The van der Waals surface area contributed by atoms with E-state index >= 15 is 0 Å². The summed E-state index contributed by atoms with van der Waals surface area (Å²) in [6.07, 6.45) is 5.15. The van der Waals surface area contributed by atoms with Crippen molar-refractivity contribution >= 4 is 22.0 Å². The smallest absolute Gasteiger partial charge is 0.207 e. The molecule has 2 N–H and O–H groups in total. The highest BCUT2D eigenvalue weighted by Crippen LogP contribution is 2.40. The Bertz CT molecular complexity index is 1260. The van der Waals surface area contributed by atoms with Crippen LogP contribution < -0.4 is 14.8 Å². The highest BCUT2D eigenvalue weighted by Gasteiger charge is 2.30. The number of benzene rings is 2. The predicted octanol–water partition coefficient (Wildman–Crippen LogP) is 4.82. The van der Waals surface area contributed by atoms with Crippen molar-refractivity contribution in [2.75, 3.05) is 13.2 Å². The fraction of sp³-hybridized carbons (Fsp3) is 0.375. The van der Waals surface area contributed by atoms with Crippen LogP contribution in [0.25, 0.3) is 22.0 Å².